The van der Waals surface area contributed by atoms with Gasteiger partial charge in [-0.2, -0.15) is 13.2 Å². The minimum absolute atomic E-state index is 0.00319. The number of carboxylic acid groups (broad SMARTS) is 1. The second kappa shape index (κ2) is 11.5. The van der Waals surface area contributed by atoms with E-state index in [1.807, 2.05) is 12.2 Å². The number of carbonyl (C=O) groups is 2. The number of aliphatic carboxylic acids is 1. The van der Waals surface area contributed by atoms with Gasteiger partial charge < -0.3 is 14.9 Å². The van der Waals surface area contributed by atoms with E-state index in [1.54, 1.807) is 12.2 Å². The number of aliphatic hydroxyl groups is 1. The summed E-state index contributed by atoms with van der Waals surface area (Å²) in [5.74, 6) is -1.11. The number of alkyl halides is 3. The fraction of sp³-hybridized carbons (Fsp3) is 0.391. The molecule has 0 amide bonds. The van der Waals surface area contributed by atoms with E-state index in [2.05, 4.69) is 0 Å². The Morgan fingerprint density at radius 2 is 2.06 bits per heavy atom. The number of ketones is 1. The second-order valence-corrected chi connectivity index (χ2v) is 7.18. The van der Waals surface area contributed by atoms with E-state index in [4.69, 9.17) is 9.84 Å². The molecule has 0 heterocycles. The van der Waals surface area contributed by atoms with E-state index >= 15 is 0 Å². The highest BCUT2D eigenvalue weighted by atomic mass is 19.4. The lowest BCUT2D eigenvalue weighted by Gasteiger charge is -2.12. The molecule has 0 aromatic heterocycles. The van der Waals surface area contributed by atoms with Gasteiger partial charge in [-0.1, -0.05) is 36.4 Å². The summed E-state index contributed by atoms with van der Waals surface area (Å²) in [5.41, 5.74) is -0.0678. The van der Waals surface area contributed by atoms with Gasteiger partial charge in [-0.15, -0.1) is 0 Å². The zero-order chi connectivity index (χ0) is 22.9. The van der Waals surface area contributed by atoms with Crippen molar-refractivity contribution in [1.82, 2.24) is 0 Å². The van der Waals surface area contributed by atoms with Gasteiger partial charge in [0.05, 0.1) is 5.56 Å². The summed E-state index contributed by atoms with van der Waals surface area (Å²) in [6.07, 6.45) is 5.07. The van der Waals surface area contributed by atoms with Crippen LogP contribution in [-0.4, -0.2) is 34.7 Å². The number of carboxylic acids is 1. The van der Waals surface area contributed by atoms with Crippen LogP contribution in [0.4, 0.5) is 13.2 Å². The standard InChI is InChI=1S/C23H25F3O5/c24-23(25,26)17-6-5-7-19(14-17)31-15-18(27)12-10-16-11-13-21(28)20(16)8-3-1-2-4-9-22(29)30/h1,3,5-7,10-12,14,18,20,27H,2,4,8-9,13,15H2,(H,29,30)/t18-,20-/m1/s1. The van der Waals surface area contributed by atoms with Crippen LogP contribution >= 0.6 is 0 Å². The highest BCUT2D eigenvalue weighted by molar-refractivity contribution is 5.89. The summed E-state index contributed by atoms with van der Waals surface area (Å²) in [6.45, 7) is -0.229. The van der Waals surface area contributed by atoms with Gasteiger partial charge >= 0.3 is 12.1 Å². The van der Waals surface area contributed by atoms with Crippen molar-refractivity contribution >= 4 is 11.8 Å². The molecule has 5 nitrogen and oxygen atoms in total. The van der Waals surface area contributed by atoms with Gasteiger partial charge in [0.15, 0.2) is 0 Å². The number of allylic oxidation sites excluding steroid dienone is 5. The molecule has 0 fully saturated rings. The number of hydrogen-bond donors (Lipinski definition) is 2. The largest absolute Gasteiger partial charge is 0.491 e. The number of carbonyl (C=O) groups excluding carboxylic acids is 1. The molecule has 8 heteroatoms. The number of rotatable bonds is 11. The highest BCUT2D eigenvalue weighted by Crippen LogP contribution is 2.31. The van der Waals surface area contributed by atoms with Crippen molar-refractivity contribution in [2.75, 3.05) is 6.61 Å². The first-order valence-corrected chi connectivity index (χ1v) is 9.92. The van der Waals surface area contributed by atoms with Crippen LogP contribution in [0.15, 0.2) is 60.2 Å². The molecule has 0 aliphatic heterocycles. The summed E-state index contributed by atoms with van der Waals surface area (Å²) < 4.78 is 43.4. The lowest BCUT2D eigenvalue weighted by atomic mass is 9.95. The quantitative estimate of drug-likeness (QED) is 0.386. The summed E-state index contributed by atoms with van der Waals surface area (Å²) in [7, 11) is 0. The predicted octanol–water partition coefficient (Wildman–Crippen LogP) is 4.72. The molecule has 0 unspecified atom stereocenters. The first kappa shape index (κ1) is 24.4. The Balaban J connectivity index is 1.83. The second-order valence-electron chi connectivity index (χ2n) is 7.18. The van der Waals surface area contributed by atoms with Crippen molar-refractivity contribution in [3.63, 3.8) is 0 Å². The Morgan fingerprint density at radius 1 is 1.29 bits per heavy atom. The van der Waals surface area contributed by atoms with Crippen LogP contribution in [0.2, 0.25) is 0 Å². The van der Waals surface area contributed by atoms with E-state index < -0.39 is 23.8 Å². The summed E-state index contributed by atoms with van der Waals surface area (Å²) in [4.78, 5) is 22.6. The summed E-state index contributed by atoms with van der Waals surface area (Å²) >= 11 is 0. The SMILES string of the molecule is O=C(O)CCCC=CC[C@H]1C(=O)CC=C1C=C[C@@H](O)COc1cccc(C(F)(F)F)c1. The Labute approximate surface area is 178 Å². The molecule has 0 spiro atoms. The summed E-state index contributed by atoms with van der Waals surface area (Å²) in [6, 6.07) is 4.42. The van der Waals surface area contributed by atoms with E-state index in [0.29, 0.717) is 25.7 Å². The van der Waals surface area contributed by atoms with Gasteiger partial charge in [-0.25, -0.2) is 0 Å². The van der Waals surface area contributed by atoms with Crippen molar-refractivity contribution in [3.8, 4) is 5.75 Å². The van der Waals surface area contributed by atoms with E-state index in [0.717, 1.165) is 17.7 Å². The smallest absolute Gasteiger partial charge is 0.416 e. The fourth-order valence-electron chi connectivity index (χ4n) is 3.08. The average molecular weight is 438 g/mol. The third kappa shape index (κ3) is 8.41. The molecule has 0 bridgehead atoms. The normalized spacial score (nSPS) is 18.0. The lowest BCUT2D eigenvalue weighted by molar-refractivity contribution is -0.138. The van der Waals surface area contributed by atoms with Gasteiger partial charge in [0.2, 0.25) is 0 Å². The molecule has 0 saturated heterocycles. The van der Waals surface area contributed by atoms with Crippen molar-refractivity contribution in [2.24, 2.45) is 5.92 Å². The molecule has 1 aromatic carbocycles. The number of benzene rings is 1. The predicted molar refractivity (Wildman–Crippen MR) is 109 cm³/mol. The van der Waals surface area contributed by atoms with Crippen LogP contribution in [-0.2, 0) is 15.8 Å². The Bertz CT molecular complexity index is 855. The Morgan fingerprint density at radius 3 is 2.77 bits per heavy atom. The van der Waals surface area contributed by atoms with Gasteiger partial charge in [0.1, 0.15) is 24.2 Å². The maximum atomic E-state index is 12.7. The third-order valence-corrected chi connectivity index (χ3v) is 4.72. The average Bonchev–Trinajstić information content (AvgIpc) is 3.06. The maximum absolute atomic E-state index is 12.7. The zero-order valence-electron chi connectivity index (χ0n) is 16.8. The van der Waals surface area contributed by atoms with Crippen molar-refractivity contribution in [3.05, 3.63) is 65.8 Å². The van der Waals surface area contributed by atoms with Crippen LogP contribution < -0.4 is 4.74 Å². The molecule has 2 atom stereocenters. The minimum atomic E-state index is -4.47. The fourth-order valence-corrected chi connectivity index (χ4v) is 3.08. The van der Waals surface area contributed by atoms with Crippen LogP contribution in [0.1, 0.15) is 37.7 Å². The molecule has 168 valence electrons. The molecule has 1 aromatic rings. The van der Waals surface area contributed by atoms with Crippen molar-refractivity contribution in [2.45, 2.75) is 44.4 Å². The number of aliphatic hydroxyl groups excluding tert-OH is 1. The molecular weight excluding hydrogens is 413 g/mol. The first-order valence-electron chi connectivity index (χ1n) is 9.92. The molecule has 31 heavy (non-hydrogen) atoms. The Hall–Kier alpha value is -2.87. The molecule has 0 saturated carbocycles. The monoisotopic (exact) mass is 438 g/mol. The number of ether oxygens (including phenoxy) is 1. The number of Topliss-reactive ketones (excluding diaryl/α,β-unsaturated/α-hetero) is 1. The molecule has 2 N–H and O–H groups in total. The van der Waals surface area contributed by atoms with E-state index in [9.17, 15) is 27.9 Å². The molecular formula is C23H25F3O5. The number of halogens is 3. The first-order chi connectivity index (χ1) is 14.7. The van der Waals surface area contributed by atoms with Crippen LogP contribution in [0.5, 0.6) is 5.75 Å². The van der Waals surface area contributed by atoms with Crippen LogP contribution in [0, 0.1) is 5.92 Å². The van der Waals surface area contributed by atoms with Crippen molar-refractivity contribution < 1.29 is 37.7 Å². The topological polar surface area (TPSA) is 83.8 Å². The molecule has 2 rings (SSSR count). The number of hydrogen-bond acceptors (Lipinski definition) is 4. The molecule has 1 aliphatic carbocycles. The van der Waals surface area contributed by atoms with E-state index in [1.165, 1.54) is 18.2 Å². The van der Waals surface area contributed by atoms with Gasteiger partial charge in [-0.05, 0) is 43.0 Å². The van der Waals surface area contributed by atoms with Gasteiger partial charge in [0.25, 0.3) is 0 Å². The van der Waals surface area contributed by atoms with E-state index in [-0.39, 0.29) is 30.5 Å². The lowest BCUT2D eigenvalue weighted by Crippen LogP contribution is -2.15. The molecule has 0 radical (unpaired) electrons. The molecule has 1 aliphatic rings. The van der Waals surface area contributed by atoms with Gasteiger partial charge in [-0.3, -0.25) is 9.59 Å². The highest BCUT2D eigenvalue weighted by Gasteiger charge is 2.30. The summed E-state index contributed by atoms with van der Waals surface area (Å²) in [5, 5.41) is 18.7. The van der Waals surface area contributed by atoms with Crippen molar-refractivity contribution in [1.29, 1.82) is 0 Å². The Kier molecular flexibility index (Phi) is 9.05. The maximum Gasteiger partial charge on any atom is 0.416 e. The van der Waals surface area contributed by atoms with Crippen LogP contribution in [0.3, 0.4) is 0 Å². The number of unbranched alkanes of at least 4 members (excludes halogenated alkanes) is 1. The van der Waals surface area contributed by atoms with Crippen LogP contribution in [0.25, 0.3) is 0 Å². The minimum Gasteiger partial charge on any atom is -0.491 e. The zero-order valence-corrected chi connectivity index (χ0v) is 16.8. The van der Waals surface area contributed by atoms with Gasteiger partial charge in [0, 0.05) is 18.8 Å². The third-order valence-electron chi connectivity index (χ3n) is 4.72.